The summed E-state index contributed by atoms with van der Waals surface area (Å²) >= 11 is 0. The standard InChI is InChI=1S/C12H13N5O2/c1-8-5-14-10(6-13-8)7-15-12-4-3-11(17(18)19)9(2)16-12/h3-6H,7H2,1-2H3,(H,15,16). The van der Waals surface area contributed by atoms with Gasteiger partial charge >= 0.3 is 0 Å². The van der Waals surface area contributed by atoms with Crippen LogP contribution in [0.15, 0.2) is 24.5 Å². The molecule has 7 nitrogen and oxygen atoms in total. The van der Waals surface area contributed by atoms with Gasteiger partial charge in [0.2, 0.25) is 0 Å². The molecule has 0 saturated carbocycles. The molecule has 0 amide bonds. The fraction of sp³-hybridized carbons (Fsp3) is 0.250. The van der Waals surface area contributed by atoms with Gasteiger partial charge in [-0.15, -0.1) is 0 Å². The van der Waals surface area contributed by atoms with Crippen LogP contribution in [-0.4, -0.2) is 19.9 Å². The van der Waals surface area contributed by atoms with E-state index in [4.69, 9.17) is 0 Å². The highest BCUT2D eigenvalue weighted by Gasteiger charge is 2.11. The van der Waals surface area contributed by atoms with Crippen LogP contribution in [0.2, 0.25) is 0 Å². The molecular formula is C12H13N5O2. The lowest BCUT2D eigenvalue weighted by atomic mass is 10.3. The number of rotatable bonds is 4. The molecule has 98 valence electrons. The quantitative estimate of drug-likeness (QED) is 0.666. The molecule has 0 aliphatic rings. The second-order valence-electron chi connectivity index (χ2n) is 4.06. The minimum atomic E-state index is -0.447. The first-order valence-corrected chi connectivity index (χ1v) is 5.69. The van der Waals surface area contributed by atoms with Crippen molar-refractivity contribution in [1.82, 2.24) is 15.0 Å². The van der Waals surface area contributed by atoms with Crippen molar-refractivity contribution in [3.05, 3.63) is 51.7 Å². The van der Waals surface area contributed by atoms with Crippen molar-refractivity contribution >= 4 is 11.5 Å². The number of nitrogens with one attached hydrogen (secondary N) is 1. The lowest BCUT2D eigenvalue weighted by Crippen LogP contribution is -2.05. The molecule has 2 rings (SSSR count). The lowest BCUT2D eigenvalue weighted by Gasteiger charge is -2.06. The van der Waals surface area contributed by atoms with Crippen LogP contribution in [0.5, 0.6) is 0 Å². The van der Waals surface area contributed by atoms with Gasteiger partial charge in [0.05, 0.1) is 29.1 Å². The van der Waals surface area contributed by atoms with E-state index >= 15 is 0 Å². The van der Waals surface area contributed by atoms with Crippen molar-refractivity contribution in [2.75, 3.05) is 5.32 Å². The fourth-order valence-electron chi connectivity index (χ4n) is 1.54. The molecule has 0 atom stereocenters. The van der Waals surface area contributed by atoms with Crippen molar-refractivity contribution in [2.24, 2.45) is 0 Å². The first-order valence-electron chi connectivity index (χ1n) is 5.69. The van der Waals surface area contributed by atoms with E-state index in [2.05, 4.69) is 20.3 Å². The van der Waals surface area contributed by atoms with Gasteiger partial charge in [0.1, 0.15) is 11.5 Å². The fourth-order valence-corrected chi connectivity index (χ4v) is 1.54. The minimum Gasteiger partial charge on any atom is -0.364 e. The summed E-state index contributed by atoms with van der Waals surface area (Å²) in [7, 11) is 0. The van der Waals surface area contributed by atoms with Gasteiger partial charge in [-0.05, 0) is 19.9 Å². The molecule has 0 spiro atoms. The van der Waals surface area contributed by atoms with E-state index in [1.165, 1.54) is 6.07 Å². The normalized spacial score (nSPS) is 10.2. The third-order valence-electron chi connectivity index (χ3n) is 2.54. The van der Waals surface area contributed by atoms with Gasteiger partial charge in [0, 0.05) is 12.3 Å². The predicted octanol–water partition coefficient (Wildman–Crippen LogP) is 2.01. The number of aryl methyl sites for hydroxylation is 2. The number of aromatic nitrogens is 3. The SMILES string of the molecule is Cc1cnc(CNc2ccc([N+](=O)[O-])c(C)n2)cn1. The Labute approximate surface area is 109 Å². The van der Waals surface area contributed by atoms with Gasteiger partial charge in [-0.2, -0.15) is 0 Å². The highest BCUT2D eigenvalue weighted by Crippen LogP contribution is 2.17. The van der Waals surface area contributed by atoms with Crippen molar-refractivity contribution < 1.29 is 4.92 Å². The van der Waals surface area contributed by atoms with Gasteiger partial charge in [0.15, 0.2) is 0 Å². The summed E-state index contributed by atoms with van der Waals surface area (Å²) in [6.45, 7) is 3.94. The average molecular weight is 259 g/mol. The van der Waals surface area contributed by atoms with Gasteiger partial charge in [-0.25, -0.2) is 4.98 Å². The first-order chi connectivity index (χ1) is 9.06. The molecule has 7 heteroatoms. The summed E-state index contributed by atoms with van der Waals surface area (Å²) in [4.78, 5) is 22.7. The third kappa shape index (κ3) is 3.21. The second-order valence-corrected chi connectivity index (χ2v) is 4.06. The van der Waals surface area contributed by atoms with Crippen LogP contribution in [0.1, 0.15) is 17.1 Å². The molecular weight excluding hydrogens is 246 g/mol. The molecule has 0 bridgehead atoms. The van der Waals surface area contributed by atoms with Crippen molar-refractivity contribution in [3.8, 4) is 0 Å². The summed E-state index contributed by atoms with van der Waals surface area (Å²) in [6.07, 6.45) is 3.37. The molecule has 2 aromatic rings. The molecule has 1 N–H and O–H groups in total. The molecule has 2 aromatic heterocycles. The van der Waals surface area contributed by atoms with E-state index in [1.54, 1.807) is 25.4 Å². The number of anilines is 1. The topological polar surface area (TPSA) is 93.8 Å². The van der Waals surface area contributed by atoms with E-state index in [0.717, 1.165) is 11.4 Å². The van der Waals surface area contributed by atoms with Crippen LogP contribution >= 0.6 is 0 Å². The molecule has 0 fully saturated rings. The monoisotopic (exact) mass is 259 g/mol. The highest BCUT2D eigenvalue weighted by molar-refractivity contribution is 5.44. The zero-order valence-corrected chi connectivity index (χ0v) is 10.6. The Kier molecular flexibility index (Phi) is 3.65. The zero-order valence-electron chi connectivity index (χ0n) is 10.6. The van der Waals surface area contributed by atoms with Crippen LogP contribution in [0.3, 0.4) is 0 Å². The van der Waals surface area contributed by atoms with Gasteiger partial charge in [0.25, 0.3) is 5.69 Å². The van der Waals surface area contributed by atoms with Crippen LogP contribution < -0.4 is 5.32 Å². The maximum Gasteiger partial charge on any atom is 0.290 e. The summed E-state index contributed by atoms with van der Waals surface area (Å²) in [5.41, 5.74) is 2.03. The Morgan fingerprint density at radius 2 is 2.05 bits per heavy atom. The smallest absolute Gasteiger partial charge is 0.290 e. The van der Waals surface area contributed by atoms with E-state index in [-0.39, 0.29) is 5.69 Å². The Bertz CT molecular complexity index is 598. The molecule has 0 unspecified atom stereocenters. The number of hydrogen-bond donors (Lipinski definition) is 1. The first kappa shape index (κ1) is 12.9. The van der Waals surface area contributed by atoms with E-state index in [9.17, 15) is 10.1 Å². The average Bonchev–Trinajstić information content (AvgIpc) is 2.37. The summed E-state index contributed by atoms with van der Waals surface area (Å²) in [6, 6.07) is 3.01. The van der Waals surface area contributed by atoms with E-state index in [1.807, 2.05) is 6.92 Å². The van der Waals surface area contributed by atoms with Gasteiger partial charge in [-0.1, -0.05) is 0 Å². The minimum absolute atomic E-state index is 0.0145. The number of nitrogens with zero attached hydrogens (tertiary/aromatic N) is 4. The van der Waals surface area contributed by atoms with Crippen LogP contribution in [0.4, 0.5) is 11.5 Å². The Hall–Kier alpha value is -2.57. The summed E-state index contributed by atoms with van der Waals surface area (Å²) < 4.78 is 0. The lowest BCUT2D eigenvalue weighted by molar-refractivity contribution is -0.385. The molecule has 0 aliphatic carbocycles. The van der Waals surface area contributed by atoms with Crippen molar-refractivity contribution in [1.29, 1.82) is 0 Å². The van der Waals surface area contributed by atoms with E-state index < -0.39 is 4.92 Å². The third-order valence-corrected chi connectivity index (χ3v) is 2.54. The number of hydrogen-bond acceptors (Lipinski definition) is 6. The maximum absolute atomic E-state index is 10.7. The largest absolute Gasteiger partial charge is 0.364 e. The summed E-state index contributed by atoms with van der Waals surface area (Å²) in [5.74, 6) is 0.575. The van der Waals surface area contributed by atoms with Crippen LogP contribution in [-0.2, 0) is 6.54 Å². The number of pyridine rings is 1. The second kappa shape index (κ2) is 5.38. The predicted molar refractivity (Wildman–Crippen MR) is 69.7 cm³/mol. The molecule has 0 aliphatic heterocycles. The molecule has 0 radical (unpaired) electrons. The zero-order chi connectivity index (χ0) is 13.8. The Morgan fingerprint density at radius 1 is 1.26 bits per heavy atom. The highest BCUT2D eigenvalue weighted by atomic mass is 16.6. The van der Waals surface area contributed by atoms with Crippen LogP contribution in [0.25, 0.3) is 0 Å². The number of nitro groups is 1. The van der Waals surface area contributed by atoms with E-state index in [0.29, 0.717) is 18.1 Å². The van der Waals surface area contributed by atoms with Crippen molar-refractivity contribution in [2.45, 2.75) is 20.4 Å². The van der Waals surface area contributed by atoms with Crippen LogP contribution in [0, 0.1) is 24.0 Å². The molecule has 19 heavy (non-hydrogen) atoms. The van der Waals surface area contributed by atoms with Gasteiger partial charge < -0.3 is 5.32 Å². The molecule has 0 aromatic carbocycles. The Morgan fingerprint density at radius 3 is 2.63 bits per heavy atom. The summed E-state index contributed by atoms with van der Waals surface area (Å²) in [5, 5.41) is 13.7. The molecule has 2 heterocycles. The maximum atomic E-state index is 10.7. The van der Waals surface area contributed by atoms with Gasteiger partial charge in [-0.3, -0.25) is 20.1 Å². The molecule has 0 saturated heterocycles. The Balaban J connectivity index is 2.06. The van der Waals surface area contributed by atoms with Crippen molar-refractivity contribution in [3.63, 3.8) is 0 Å².